The Morgan fingerprint density at radius 1 is 1.50 bits per heavy atom. The normalized spacial score (nSPS) is 22.6. The zero-order chi connectivity index (χ0) is 12.0. The van der Waals surface area contributed by atoms with Crippen LogP contribution in [0.3, 0.4) is 0 Å². The van der Waals surface area contributed by atoms with Gasteiger partial charge in [0.25, 0.3) is 0 Å². The molecule has 96 valence electrons. The van der Waals surface area contributed by atoms with E-state index in [-0.39, 0.29) is 5.75 Å². The van der Waals surface area contributed by atoms with Gasteiger partial charge in [-0.2, -0.15) is 0 Å². The molecule has 1 N–H and O–H groups in total. The van der Waals surface area contributed by atoms with Gasteiger partial charge in [-0.15, -0.1) is 0 Å². The molecule has 0 aliphatic carbocycles. The first-order valence-corrected chi connectivity index (χ1v) is 7.33. The lowest BCUT2D eigenvalue weighted by Gasteiger charge is -2.26. The van der Waals surface area contributed by atoms with Crippen LogP contribution in [-0.2, 0) is 14.8 Å². The molecule has 1 aliphatic rings. The second-order valence-electron chi connectivity index (χ2n) is 4.28. The lowest BCUT2D eigenvalue weighted by molar-refractivity contribution is 0.0495. The van der Waals surface area contributed by atoms with Crippen molar-refractivity contribution in [3.05, 3.63) is 0 Å². The molecule has 1 saturated heterocycles. The summed E-state index contributed by atoms with van der Waals surface area (Å²) in [5.74, 6) is 0.510. The molecule has 1 heterocycles. The highest BCUT2D eigenvalue weighted by Gasteiger charge is 2.22. The predicted octanol–water partition coefficient (Wildman–Crippen LogP) is -0.106. The van der Waals surface area contributed by atoms with Gasteiger partial charge >= 0.3 is 0 Å². The summed E-state index contributed by atoms with van der Waals surface area (Å²) >= 11 is 0. The minimum Gasteiger partial charge on any atom is -0.381 e. The van der Waals surface area contributed by atoms with E-state index in [9.17, 15) is 8.42 Å². The minimum absolute atomic E-state index is 0.160. The number of nitrogens with zero attached hydrogens (tertiary/aromatic N) is 1. The SMILES string of the molecule is CNCCS(=O)(=O)N(C)CC1CCCOC1. The first kappa shape index (κ1) is 13.9. The van der Waals surface area contributed by atoms with Crippen LogP contribution in [-0.4, -0.2) is 58.9 Å². The summed E-state index contributed by atoms with van der Waals surface area (Å²) < 4.78 is 30.4. The molecule has 0 aromatic rings. The van der Waals surface area contributed by atoms with E-state index in [1.54, 1.807) is 14.1 Å². The Morgan fingerprint density at radius 3 is 2.81 bits per heavy atom. The highest BCUT2D eigenvalue weighted by Crippen LogP contribution is 2.15. The Balaban J connectivity index is 2.40. The van der Waals surface area contributed by atoms with Gasteiger partial charge in [0.2, 0.25) is 10.0 Å². The maximum Gasteiger partial charge on any atom is 0.215 e. The van der Waals surface area contributed by atoms with E-state index in [1.165, 1.54) is 4.31 Å². The Bertz CT molecular complexity index is 286. The highest BCUT2D eigenvalue weighted by molar-refractivity contribution is 7.89. The van der Waals surface area contributed by atoms with Gasteiger partial charge in [0.15, 0.2) is 0 Å². The molecule has 1 aliphatic heterocycles. The summed E-state index contributed by atoms with van der Waals surface area (Å²) in [5.41, 5.74) is 0. The molecular formula is C10H22N2O3S. The number of hydrogen-bond donors (Lipinski definition) is 1. The zero-order valence-electron chi connectivity index (χ0n) is 10.1. The van der Waals surface area contributed by atoms with Crippen molar-refractivity contribution in [2.24, 2.45) is 5.92 Å². The van der Waals surface area contributed by atoms with E-state index in [4.69, 9.17) is 4.74 Å². The average molecular weight is 250 g/mol. The smallest absolute Gasteiger partial charge is 0.215 e. The van der Waals surface area contributed by atoms with Crippen LogP contribution >= 0.6 is 0 Å². The van der Waals surface area contributed by atoms with Crippen molar-refractivity contribution in [3.8, 4) is 0 Å². The third-order valence-corrected chi connectivity index (χ3v) is 4.67. The Kier molecular flexibility index (Phi) is 5.68. The molecule has 1 unspecified atom stereocenters. The lowest BCUT2D eigenvalue weighted by Crippen LogP contribution is -2.38. The van der Waals surface area contributed by atoms with Crippen LogP contribution in [0.5, 0.6) is 0 Å². The fourth-order valence-electron chi connectivity index (χ4n) is 1.82. The fourth-order valence-corrected chi connectivity index (χ4v) is 3.03. The van der Waals surface area contributed by atoms with Gasteiger partial charge in [-0.25, -0.2) is 12.7 Å². The molecule has 0 amide bonds. The first-order valence-electron chi connectivity index (χ1n) is 5.72. The quantitative estimate of drug-likeness (QED) is 0.715. The van der Waals surface area contributed by atoms with Crippen molar-refractivity contribution in [1.82, 2.24) is 9.62 Å². The minimum atomic E-state index is -3.11. The molecule has 1 fully saturated rings. The second kappa shape index (κ2) is 6.54. The van der Waals surface area contributed by atoms with Gasteiger partial charge in [-0.1, -0.05) is 0 Å². The Morgan fingerprint density at radius 2 is 2.25 bits per heavy atom. The predicted molar refractivity (Wildman–Crippen MR) is 63.9 cm³/mol. The monoisotopic (exact) mass is 250 g/mol. The number of hydrogen-bond acceptors (Lipinski definition) is 4. The fraction of sp³-hybridized carbons (Fsp3) is 1.00. The van der Waals surface area contributed by atoms with Crippen LogP contribution in [0.25, 0.3) is 0 Å². The third kappa shape index (κ3) is 4.37. The summed E-state index contributed by atoms with van der Waals surface area (Å²) in [7, 11) is 0.300. The third-order valence-electron chi connectivity index (χ3n) is 2.85. The number of rotatable bonds is 6. The molecule has 0 spiro atoms. The largest absolute Gasteiger partial charge is 0.381 e. The summed E-state index contributed by atoms with van der Waals surface area (Å²) in [6.07, 6.45) is 2.10. The van der Waals surface area contributed by atoms with Crippen molar-refractivity contribution in [3.63, 3.8) is 0 Å². The van der Waals surface area contributed by atoms with E-state index in [2.05, 4.69) is 5.32 Å². The summed E-state index contributed by atoms with van der Waals surface area (Å²) in [4.78, 5) is 0. The van der Waals surface area contributed by atoms with Crippen LogP contribution in [0, 0.1) is 5.92 Å². The van der Waals surface area contributed by atoms with Crippen LogP contribution in [0.2, 0.25) is 0 Å². The van der Waals surface area contributed by atoms with Crippen LogP contribution in [0.4, 0.5) is 0 Å². The van der Waals surface area contributed by atoms with Crippen molar-refractivity contribution in [2.75, 3.05) is 46.2 Å². The van der Waals surface area contributed by atoms with E-state index >= 15 is 0 Å². The van der Waals surface area contributed by atoms with Gasteiger partial charge in [-0.05, 0) is 25.8 Å². The summed E-state index contributed by atoms with van der Waals surface area (Å²) in [6, 6.07) is 0. The highest BCUT2D eigenvalue weighted by atomic mass is 32.2. The van der Waals surface area contributed by atoms with E-state index in [0.717, 1.165) is 19.4 Å². The van der Waals surface area contributed by atoms with Gasteiger partial charge in [-0.3, -0.25) is 0 Å². The molecular weight excluding hydrogens is 228 g/mol. The zero-order valence-corrected chi connectivity index (χ0v) is 10.9. The van der Waals surface area contributed by atoms with Crippen LogP contribution in [0.1, 0.15) is 12.8 Å². The van der Waals surface area contributed by atoms with Gasteiger partial charge < -0.3 is 10.1 Å². The standard InChI is InChI=1S/C10H22N2O3S/c1-11-5-7-16(13,14)12(2)8-10-4-3-6-15-9-10/h10-11H,3-9H2,1-2H3. The van der Waals surface area contributed by atoms with Crippen molar-refractivity contribution >= 4 is 10.0 Å². The second-order valence-corrected chi connectivity index (χ2v) is 6.48. The molecule has 1 atom stereocenters. The maximum absolute atomic E-state index is 11.8. The molecule has 0 aromatic heterocycles. The van der Waals surface area contributed by atoms with Gasteiger partial charge in [0, 0.05) is 26.7 Å². The average Bonchev–Trinajstić information content (AvgIpc) is 2.28. The molecule has 16 heavy (non-hydrogen) atoms. The molecule has 0 aromatic carbocycles. The van der Waals surface area contributed by atoms with Crippen molar-refractivity contribution in [1.29, 1.82) is 0 Å². The van der Waals surface area contributed by atoms with E-state index in [0.29, 0.717) is 25.6 Å². The topological polar surface area (TPSA) is 58.6 Å². The van der Waals surface area contributed by atoms with Crippen molar-refractivity contribution in [2.45, 2.75) is 12.8 Å². The van der Waals surface area contributed by atoms with Crippen molar-refractivity contribution < 1.29 is 13.2 Å². The molecule has 0 saturated carbocycles. The Labute approximate surface area is 98.2 Å². The van der Waals surface area contributed by atoms with Crippen LogP contribution in [0.15, 0.2) is 0 Å². The maximum atomic E-state index is 11.8. The number of ether oxygens (including phenoxy) is 1. The Hall–Kier alpha value is -0.170. The molecule has 6 heteroatoms. The van der Waals surface area contributed by atoms with Gasteiger partial charge in [0.05, 0.1) is 12.4 Å². The molecule has 0 radical (unpaired) electrons. The van der Waals surface area contributed by atoms with E-state index in [1.807, 2.05) is 0 Å². The van der Waals surface area contributed by atoms with Gasteiger partial charge in [0.1, 0.15) is 0 Å². The number of nitrogens with one attached hydrogen (secondary N) is 1. The first-order chi connectivity index (χ1) is 7.56. The lowest BCUT2D eigenvalue weighted by atomic mass is 10.0. The summed E-state index contributed by atoms with van der Waals surface area (Å²) in [5, 5.41) is 2.85. The molecule has 1 rings (SSSR count). The van der Waals surface area contributed by atoms with E-state index < -0.39 is 10.0 Å². The number of sulfonamides is 1. The van der Waals surface area contributed by atoms with Crippen LogP contribution < -0.4 is 5.32 Å². The molecule has 5 nitrogen and oxygen atoms in total. The summed E-state index contributed by atoms with van der Waals surface area (Å²) in [6.45, 7) is 2.57. The molecule has 0 bridgehead atoms.